The van der Waals surface area contributed by atoms with Gasteiger partial charge in [0, 0.05) is 24.3 Å². The summed E-state index contributed by atoms with van der Waals surface area (Å²) in [6.07, 6.45) is 5.38. The molecule has 20 heavy (non-hydrogen) atoms. The first-order valence-corrected chi connectivity index (χ1v) is 9.12. The standard InChI is InChI=1S/C14H20N2O2S2/c1-3-4-5-8-16-13-7-6-12(15-20(2,17)18)9-11(13)10-14(16)19/h6-7,9,15H,3-5,8,10H2,1-2H3. The Bertz CT molecular complexity index is 612. The van der Waals surface area contributed by atoms with Gasteiger partial charge < -0.3 is 4.90 Å². The molecule has 1 aliphatic heterocycles. The van der Waals surface area contributed by atoms with Crippen LogP contribution in [-0.2, 0) is 16.4 Å². The van der Waals surface area contributed by atoms with E-state index in [1.165, 1.54) is 12.8 Å². The molecule has 1 heterocycles. The second kappa shape index (κ2) is 6.10. The quantitative estimate of drug-likeness (QED) is 0.648. The third kappa shape index (κ3) is 3.70. The fourth-order valence-electron chi connectivity index (χ4n) is 2.43. The summed E-state index contributed by atoms with van der Waals surface area (Å²) in [4.78, 5) is 3.09. The van der Waals surface area contributed by atoms with Crippen LogP contribution in [0.2, 0.25) is 0 Å². The third-order valence-corrected chi connectivity index (χ3v) is 4.27. The summed E-state index contributed by atoms with van der Waals surface area (Å²) in [6, 6.07) is 5.62. The third-order valence-electron chi connectivity index (χ3n) is 3.30. The SMILES string of the molecule is CCCCCN1C(=S)Cc2cc(NS(C)(=O)=O)ccc21. The van der Waals surface area contributed by atoms with Gasteiger partial charge in [-0.3, -0.25) is 4.72 Å². The largest absolute Gasteiger partial charge is 0.335 e. The Morgan fingerprint density at radius 3 is 2.75 bits per heavy atom. The van der Waals surface area contributed by atoms with Gasteiger partial charge in [-0.25, -0.2) is 8.42 Å². The lowest BCUT2D eigenvalue weighted by Crippen LogP contribution is -2.26. The van der Waals surface area contributed by atoms with Gasteiger partial charge in [0.25, 0.3) is 0 Å². The van der Waals surface area contributed by atoms with Gasteiger partial charge in [-0.2, -0.15) is 0 Å². The van der Waals surface area contributed by atoms with Gasteiger partial charge in [-0.05, 0) is 30.2 Å². The summed E-state index contributed by atoms with van der Waals surface area (Å²) < 4.78 is 25.0. The maximum absolute atomic E-state index is 11.3. The molecule has 0 aliphatic carbocycles. The lowest BCUT2D eigenvalue weighted by atomic mass is 10.1. The van der Waals surface area contributed by atoms with E-state index in [-0.39, 0.29) is 0 Å². The number of hydrogen-bond acceptors (Lipinski definition) is 3. The van der Waals surface area contributed by atoms with Gasteiger partial charge in [0.1, 0.15) is 0 Å². The van der Waals surface area contributed by atoms with Crippen molar-refractivity contribution in [3.8, 4) is 0 Å². The van der Waals surface area contributed by atoms with Gasteiger partial charge in [-0.1, -0.05) is 32.0 Å². The van der Waals surface area contributed by atoms with Crippen molar-refractivity contribution in [1.82, 2.24) is 0 Å². The summed E-state index contributed by atoms with van der Waals surface area (Å²) in [5.41, 5.74) is 2.81. The van der Waals surface area contributed by atoms with E-state index >= 15 is 0 Å². The minimum Gasteiger partial charge on any atom is -0.335 e. The highest BCUT2D eigenvalue weighted by Gasteiger charge is 2.24. The fraction of sp³-hybridized carbons (Fsp3) is 0.500. The van der Waals surface area contributed by atoms with E-state index < -0.39 is 10.0 Å². The molecule has 6 heteroatoms. The number of unbranched alkanes of at least 4 members (excludes halogenated alkanes) is 2. The van der Waals surface area contributed by atoms with Crippen LogP contribution in [0.3, 0.4) is 0 Å². The molecule has 1 aromatic rings. The molecule has 0 bridgehead atoms. The average Bonchev–Trinajstić information content (AvgIpc) is 2.63. The van der Waals surface area contributed by atoms with Crippen molar-refractivity contribution < 1.29 is 8.42 Å². The summed E-state index contributed by atoms with van der Waals surface area (Å²) in [6.45, 7) is 3.12. The molecule has 4 nitrogen and oxygen atoms in total. The molecule has 1 aliphatic rings. The van der Waals surface area contributed by atoms with E-state index in [2.05, 4.69) is 16.5 Å². The van der Waals surface area contributed by atoms with Crippen molar-refractivity contribution in [2.24, 2.45) is 0 Å². The Morgan fingerprint density at radius 1 is 1.35 bits per heavy atom. The van der Waals surface area contributed by atoms with Crippen LogP contribution >= 0.6 is 12.2 Å². The van der Waals surface area contributed by atoms with E-state index in [4.69, 9.17) is 12.2 Å². The molecule has 110 valence electrons. The number of nitrogens with zero attached hydrogens (tertiary/aromatic N) is 1. The van der Waals surface area contributed by atoms with Crippen LogP contribution in [0.5, 0.6) is 0 Å². The van der Waals surface area contributed by atoms with Crippen LogP contribution in [0.1, 0.15) is 31.7 Å². The van der Waals surface area contributed by atoms with Crippen LogP contribution < -0.4 is 9.62 Å². The summed E-state index contributed by atoms with van der Waals surface area (Å²) in [5.74, 6) is 0. The smallest absolute Gasteiger partial charge is 0.229 e. The minimum atomic E-state index is -3.24. The van der Waals surface area contributed by atoms with Crippen molar-refractivity contribution >= 4 is 38.6 Å². The van der Waals surface area contributed by atoms with Crippen molar-refractivity contribution in [3.05, 3.63) is 23.8 Å². The monoisotopic (exact) mass is 312 g/mol. The van der Waals surface area contributed by atoms with Crippen molar-refractivity contribution in [2.45, 2.75) is 32.6 Å². The number of benzene rings is 1. The van der Waals surface area contributed by atoms with E-state index in [1.807, 2.05) is 12.1 Å². The number of rotatable bonds is 6. The second-order valence-electron chi connectivity index (χ2n) is 5.15. The molecule has 0 fully saturated rings. The van der Waals surface area contributed by atoms with Gasteiger partial charge in [0.05, 0.1) is 11.2 Å². The zero-order valence-corrected chi connectivity index (χ0v) is 13.5. The molecule has 0 saturated heterocycles. The zero-order chi connectivity index (χ0) is 14.8. The molecule has 1 aromatic carbocycles. The number of hydrogen-bond donors (Lipinski definition) is 1. The van der Waals surface area contributed by atoms with E-state index in [1.54, 1.807) is 6.07 Å². The summed E-state index contributed by atoms with van der Waals surface area (Å²) in [7, 11) is -3.24. The molecule has 0 aromatic heterocycles. The first kappa shape index (κ1) is 15.3. The number of sulfonamides is 1. The molecule has 0 spiro atoms. The van der Waals surface area contributed by atoms with Crippen molar-refractivity contribution in [2.75, 3.05) is 22.4 Å². The Balaban J connectivity index is 2.16. The Kier molecular flexibility index (Phi) is 4.65. The molecule has 0 atom stereocenters. The van der Waals surface area contributed by atoms with E-state index in [9.17, 15) is 8.42 Å². The molecular formula is C14H20N2O2S2. The van der Waals surface area contributed by atoms with E-state index in [0.29, 0.717) is 5.69 Å². The first-order valence-electron chi connectivity index (χ1n) is 6.82. The second-order valence-corrected chi connectivity index (χ2v) is 7.37. The lowest BCUT2D eigenvalue weighted by Gasteiger charge is -2.19. The van der Waals surface area contributed by atoms with Gasteiger partial charge in [-0.15, -0.1) is 0 Å². The maximum Gasteiger partial charge on any atom is 0.229 e. The first-order chi connectivity index (χ1) is 9.40. The summed E-state index contributed by atoms with van der Waals surface area (Å²) in [5, 5.41) is 0. The van der Waals surface area contributed by atoms with Gasteiger partial charge in [0.2, 0.25) is 10.0 Å². The highest BCUT2D eigenvalue weighted by molar-refractivity contribution is 7.92. The van der Waals surface area contributed by atoms with Crippen LogP contribution in [0.15, 0.2) is 18.2 Å². The normalized spacial score (nSPS) is 14.5. The van der Waals surface area contributed by atoms with Crippen LogP contribution in [0.4, 0.5) is 11.4 Å². The minimum absolute atomic E-state index is 0.601. The summed E-state index contributed by atoms with van der Waals surface area (Å²) >= 11 is 5.44. The van der Waals surface area contributed by atoms with Crippen molar-refractivity contribution in [1.29, 1.82) is 0 Å². The number of nitrogens with one attached hydrogen (secondary N) is 1. The highest BCUT2D eigenvalue weighted by atomic mass is 32.2. The van der Waals surface area contributed by atoms with Gasteiger partial charge in [0.15, 0.2) is 0 Å². The number of thiocarbonyl (C=S) groups is 1. The Hall–Kier alpha value is -1.14. The Labute approximate surface area is 126 Å². The molecule has 0 unspecified atom stereocenters. The fourth-order valence-corrected chi connectivity index (χ4v) is 3.33. The number of fused-ring (bicyclic) bond motifs is 1. The highest BCUT2D eigenvalue weighted by Crippen LogP contribution is 2.32. The average molecular weight is 312 g/mol. The predicted molar refractivity (Wildman–Crippen MR) is 88.1 cm³/mol. The van der Waals surface area contributed by atoms with Crippen LogP contribution in [-0.4, -0.2) is 26.2 Å². The molecule has 0 saturated carbocycles. The molecule has 2 rings (SSSR count). The van der Waals surface area contributed by atoms with Crippen LogP contribution in [0.25, 0.3) is 0 Å². The van der Waals surface area contributed by atoms with Crippen LogP contribution in [0, 0.1) is 0 Å². The molecule has 0 amide bonds. The molecular weight excluding hydrogens is 292 g/mol. The zero-order valence-electron chi connectivity index (χ0n) is 11.8. The lowest BCUT2D eigenvalue weighted by molar-refractivity contribution is 0.607. The van der Waals surface area contributed by atoms with Gasteiger partial charge >= 0.3 is 0 Å². The molecule has 1 N–H and O–H groups in total. The topological polar surface area (TPSA) is 49.4 Å². The Morgan fingerprint density at radius 2 is 2.10 bits per heavy atom. The van der Waals surface area contributed by atoms with Crippen molar-refractivity contribution in [3.63, 3.8) is 0 Å². The van der Waals surface area contributed by atoms with E-state index in [0.717, 1.165) is 41.9 Å². The number of anilines is 2. The molecule has 0 radical (unpaired) electrons. The predicted octanol–water partition coefficient (Wildman–Crippen LogP) is 2.94. The maximum atomic E-state index is 11.3.